The Morgan fingerprint density at radius 1 is 1.21 bits per heavy atom. The Morgan fingerprint density at radius 2 is 2.03 bits per heavy atom. The van der Waals surface area contributed by atoms with E-state index in [1.165, 1.54) is 41.7 Å². The highest BCUT2D eigenvalue weighted by Gasteiger charge is 2.28. The van der Waals surface area contributed by atoms with Crippen molar-refractivity contribution in [3.8, 4) is 11.3 Å². The van der Waals surface area contributed by atoms with Crippen LogP contribution in [0.4, 0.5) is 5.13 Å². The second-order valence-corrected chi connectivity index (χ2v) is 9.00. The number of piperidine rings is 1. The molecule has 1 saturated heterocycles. The Balaban J connectivity index is 1.40. The largest absolute Gasteiger partial charge is 0.342 e. The number of hydrogen-bond acceptors (Lipinski definition) is 4. The molecule has 0 saturated carbocycles. The first-order chi connectivity index (χ1) is 14.1. The second kappa shape index (κ2) is 9.08. The summed E-state index contributed by atoms with van der Waals surface area (Å²) in [7, 11) is 0. The van der Waals surface area contributed by atoms with Gasteiger partial charge in [0.1, 0.15) is 0 Å². The lowest BCUT2D eigenvalue weighted by atomic mass is 9.90. The molecule has 5 nitrogen and oxygen atoms in total. The highest BCUT2D eigenvalue weighted by molar-refractivity contribution is 7.14. The van der Waals surface area contributed by atoms with Crippen LogP contribution < -0.4 is 5.32 Å². The highest BCUT2D eigenvalue weighted by atomic mass is 32.1. The van der Waals surface area contributed by atoms with Gasteiger partial charge in [0.05, 0.1) is 11.6 Å². The minimum absolute atomic E-state index is 0.0228. The van der Waals surface area contributed by atoms with Crippen molar-refractivity contribution in [3.63, 3.8) is 0 Å². The van der Waals surface area contributed by atoms with E-state index < -0.39 is 0 Å². The van der Waals surface area contributed by atoms with Crippen molar-refractivity contribution in [2.75, 3.05) is 18.4 Å². The zero-order valence-electron chi connectivity index (χ0n) is 17.1. The Bertz CT molecular complexity index is 892. The van der Waals surface area contributed by atoms with Crippen LogP contribution >= 0.6 is 11.3 Å². The van der Waals surface area contributed by atoms with Crippen molar-refractivity contribution in [1.29, 1.82) is 0 Å². The van der Waals surface area contributed by atoms with Crippen LogP contribution in [0.15, 0.2) is 23.6 Å². The lowest BCUT2D eigenvalue weighted by Gasteiger charge is -2.31. The molecular formula is C23H29N3O2S. The van der Waals surface area contributed by atoms with Gasteiger partial charge in [0, 0.05) is 30.5 Å². The number of hydrogen-bond donors (Lipinski definition) is 1. The molecule has 4 rings (SSSR count). The summed E-state index contributed by atoms with van der Waals surface area (Å²) in [4.78, 5) is 31.4. The molecule has 6 heteroatoms. The molecule has 0 spiro atoms. The molecule has 2 amide bonds. The smallest absolute Gasteiger partial charge is 0.231 e. The number of carbonyl (C=O) groups is 2. The van der Waals surface area contributed by atoms with Crippen LogP contribution in [-0.4, -0.2) is 34.8 Å². The average molecular weight is 412 g/mol. The number of thiazole rings is 1. The van der Waals surface area contributed by atoms with Crippen LogP contribution in [0, 0.1) is 5.92 Å². The van der Waals surface area contributed by atoms with E-state index in [1.807, 2.05) is 17.2 Å². The summed E-state index contributed by atoms with van der Waals surface area (Å²) in [5, 5.41) is 5.64. The number of benzene rings is 1. The molecule has 1 N–H and O–H groups in total. The molecule has 2 aliphatic rings. The molecule has 2 aromatic rings. The number of anilines is 1. The number of nitrogens with one attached hydrogen (secondary N) is 1. The monoisotopic (exact) mass is 411 g/mol. The number of likely N-dealkylation sites (tertiary alicyclic amines) is 1. The predicted octanol–water partition coefficient (Wildman–Crippen LogP) is 4.67. The van der Waals surface area contributed by atoms with E-state index in [2.05, 4.69) is 28.5 Å². The van der Waals surface area contributed by atoms with Crippen LogP contribution in [0.3, 0.4) is 0 Å². The SMILES string of the molecule is CCCC(=O)N1CCCC(C(=O)Nc2nc(-c3ccc4c(c3)CCCC4)cs2)C1. The quantitative estimate of drug-likeness (QED) is 0.778. The number of fused-ring (bicyclic) bond motifs is 1. The van der Waals surface area contributed by atoms with Gasteiger partial charge in [0.25, 0.3) is 0 Å². The number of aromatic nitrogens is 1. The van der Waals surface area contributed by atoms with Crippen LogP contribution in [0.2, 0.25) is 0 Å². The Hall–Kier alpha value is -2.21. The van der Waals surface area contributed by atoms with E-state index in [1.54, 1.807) is 0 Å². The molecular weight excluding hydrogens is 382 g/mol. The van der Waals surface area contributed by atoms with Crippen molar-refractivity contribution in [3.05, 3.63) is 34.7 Å². The minimum Gasteiger partial charge on any atom is -0.342 e. The number of aryl methyl sites for hydroxylation is 2. The maximum Gasteiger partial charge on any atom is 0.231 e. The van der Waals surface area contributed by atoms with Gasteiger partial charge in [-0.2, -0.15) is 0 Å². The van der Waals surface area contributed by atoms with E-state index >= 15 is 0 Å². The van der Waals surface area contributed by atoms with Crippen LogP contribution in [0.5, 0.6) is 0 Å². The zero-order valence-corrected chi connectivity index (χ0v) is 17.9. The summed E-state index contributed by atoms with van der Waals surface area (Å²) in [6.45, 7) is 3.30. The van der Waals surface area contributed by atoms with Crippen molar-refractivity contribution in [2.45, 2.75) is 58.3 Å². The molecule has 1 aliphatic carbocycles. The van der Waals surface area contributed by atoms with E-state index in [-0.39, 0.29) is 17.7 Å². The summed E-state index contributed by atoms with van der Waals surface area (Å²) in [5.74, 6) is -0.0139. The third-order valence-corrected chi connectivity index (χ3v) is 6.75. The fraction of sp³-hybridized carbons (Fsp3) is 0.522. The zero-order chi connectivity index (χ0) is 20.2. The predicted molar refractivity (Wildman–Crippen MR) is 117 cm³/mol. The summed E-state index contributed by atoms with van der Waals surface area (Å²) in [6.07, 6.45) is 7.97. The van der Waals surface area contributed by atoms with Gasteiger partial charge in [-0.25, -0.2) is 4.98 Å². The molecule has 1 unspecified atom stereocenters. The molecule has 1 aliphatic heterocycles. The van der Waals surface area contributed by atoms with Crippen LogP contribution in [0.25, 0.3) is 11.3 Å². The molecule has 154 valence electrons. The van der Waals surface area contributed by atoms with Crippen molar-refractivity contribution in [1.82, 2.24) is 9.88 Å². The number of rotatable bonds is 5. The second-order valence-electron chi connectivity index (χ2n) is 8.15. The summed E-state index contributed by atoms with van der Waals surface area (Å²) in [5.41, 5.74) is 4.94. The Kier molecular flexibility index (Phi) is 6.28. The maximum atomic E-state index is 12.7. The van der Waals surface area contributed by atoms with Gasteiger partial charge in [-0.05, 0) is 62.1 Å². The van der Waals surface area contributed by atoms with Gasteiger partial charge in [-0.1, -0.05) is 19.1 Å². The van der Waals surface area contributed by atoms with Gasteiger partial charge in [-0.3, -0.25) is 9.59 Å². The average Bonchev–Trinajstić information content (AvgIpc) is 3.22. The Morgan fingerprint density at radius 3 is 2.86 bits per heavy atom. The molecule has 0 radical (unpaired) electrons. The maximum absolute atomic E-state index is 12.7. The van der Waals surface area contributed by atoms with Crippen molar-refractivity contribution < 1.29 is 9.59 Å². The topological polar surface area (TPSA) is 62.3 Å². The standard InChI is InChI=1S/C23H29N3O2S/c1-2-6-21(27)26-12-5-9-19(14-26)22(28)25-23-24-20(15-29-23)18-11-10-16-7-3-4-8-17(16)13-18/h10-11,13,15,19H,2-9,12,14H2,1H3,(H,24,25,28). The lowest BCUT2D eigenvalue weighted by Crippen LogP contribution is -2.43. The van der Waals surface area contributed by atoms with E-state index in [9.17, 15) is 9.59 Å². The Labute approximate surface area is 176 Å². The van der Waals surface area contributed by atoms with Crippen LogP contribution in [-0.2, 0) is 22.4 Å². The van der Waals surface area contributed by atoms with Gasteiger partial charge in [-0.15, -0.1) is 11.3 Å². The summed E-state index contributed by atoms with van der Waals surface area (Å²) in [6, 6.07) is 6.63. The molecule has 29 heavy (non-hydrogen) atoms. The molecule has 1 atom stereocenters. The first-order valence-corrected chi connectivity index (χ1v) is 11.7. The molecule has 2 heterocycles. The van der Waals surface area contributed by atoms with Gasteiger partial charge in [0.15, 0.2) is 5.13 Å². The fourth-order valence-electron chi connectivity index (χ4n) is 4.35. The fourth-order valence-corrected chi connectivity index (χ4v) is 5.08. The van der Waals surface area contributed by atoms with Crippen molar-refractivity contribution in [2.24, 2.45) is 5.92 Å². The molecule has 1 aromatic carbocycles. The van der Waals surface area contributed by atoms with Gasteiger partial charge < -0.3 is 10.2 Å². The van der Waals surface area contributed by atoms with Gasteiger partial charge >= 0.3 is 0 Å². The summed E-state index contributed by atoms with van der Waals surface area (Å²) < 4.78 is 0. The van der Waals surface area contributed by atoms with Crippen molar-refractivity contribution >= 4 is 28.3 Å². The normalized spacial score (nSPS) is 18.9. The van der Waals surface area contributed by atoms with Crippen LogP contribution in [0.1, 0.15) is 56.6 Å². The third kappa shape index (κ3) is 4.69. The summed E-state index contributed by atoms with van der Waals surface area (Å²) >= 11 is 1.47. The van der Waals surface area contributed by atoms with E-state index in [0.717, 1.165) is 43.5 Å². The highest BCUT2D eigenvalue weighted by Crippen LogP contribution is 2.30. The number of nitrogens with zero attached hydrogens (tertiary/aromatic N) is 2. The first-order valence-electron chi connectivity index (χ1n) is 10.8. The third-order valence-electron chi connectivity index (χ3n) is 5.99. The molecule has 0 bridgehead atoms. The van der Waals surface area contributed by atoms with E-state index in [4.69, 9.17) is 0 Å². The van der Waals surface area contributed by atoms with E-state index in [0.29, 0.717) is 18.1 Å². The van der Waals surface area contributed by atoms with Gasteiger partial charge in [0.2, 0.25) is 11.8 Å². The molecule has 1 fully saturated rings. The number of carbonyl (C=O) groups excluding carboxylic acids is 2. The molecule has 1 aromatic heterocycles. The lowest BCUT2D eigenvalue weighted by molar-refractivity contribution is -0.134. The number of amides is 2. The minimum atomic E-state index is -0.152. The first kappa shape index (κ1) is 20.1.